The van der Waals surface area contributed by atoms with Crippen molar-refractivity contribution >= 4 is 22.9 Å². The molecule has 0 aliphatic heterocycles. The maximum absolute atomic E-state index is 5.57. The Kier molecular flexibility index (Phi) is 4.21. The van der Waals surface area contributed by atoms with Crippen LogP contribution in [0.3, 0.4) is 0 Å². The zero-order chi connectivity index (χ0) is 8.81. The summed E-state index contributed by atoms with van der Waals surface area (Å²) in [7, 11) is 0. The molecule has 0 N–H and O–H groups in total. The first-order valence-corrected chi connectivity index (χ1v) is 4.69. The van der Waals surface area contributed by atoms with Gasteiger partial charge in [0, 0.05) is 0 Å². The lowest BCUT2D eigenvalue weighted by atomic mass is 10.5. The van der Waals surface area contributed by atoms with Gasteiger partial charge >= 0.3 is 0 Å². The van der Waals surface area contributed by atoms with Gasteiger partial charge in [-0.15, -0.1) is 16.8 Å². The molecular weight excluding hydrogens is 196 g/mol. The van der Waals surface area contributed by atoms with E-state index in [1.54, 1.807) is 0 Å². The fourth-order valence-electron chi connectivity index (χ4n) is 0.618. The number of hydrogen-bond acceptors (Lipinski definition) is 4. The van der Waals surface area contributed by atoms with Gasteiger partial charge in [0.1, 0.15) is 11.6 Å². The lowest BCUT2D eigenvalue weighted by molar-refractivity contribution is 0.125. The van der Waals surface area contributed by atoms with Crippen LogP contribution in [0.4, 0.5) is 0 Å². The van der Waals surface area contributed by atoms with Gasteiger partial charge in [0.25, 0.3) is 0 Å². The maximum atomic E-state index is 5.57. The molecule has 0 saturated heterocycles. The molecule has 0 fully saturated rings. The minimum Gasteiger partial charge on any atom is -0.374 e. The molecule has 0 bridgehead atoms. The van der Waals surface area contributed by atoms with Gasteiger partial charge in [-0.05, 0) is 18.0 Å². The van der Waals surface area contributed by atoms with Crippen LogP contribution < -0.4 is 0 Å². The molecule has 66 valence electrons. The molecule has 0 aliphatic carbocycles. The van der Waals surface area contributed by atoms with Gasteiger partial charge < -0.3 is 4.74 Å². The van der Waals surface area contributed by atoms with E-state index < -0.39 is 0 Å². The van der Waals surface area contributed by atoms with Crippen molar-refractivity contribution in [1.82, 2.24) is 10.2 Å². The van der Waals surface area contributed by atoms with Gasteiger partial charge in [-0.1, -0.05) is 17.4 Å². The highest BCUT2D eigenvalue weighted by atomic mass is 35.5. The molecule has 12 heavy (non-hydrogen) atoms. The molecule has 0 spiro atoms. The van der Waals surface area contributed by atoms with E-state index in [1.807, 2.05) is 6.08 Å². The number of aromatic nitrogens is 2. The summed E-state index contributed by atoms with van der Waals surface area (Å²) in [5.41, 5.74) is 0. The Bertz CT molecular complexity index is 251. The minimum absolute atomic E-state index is 0.456. The van der Waals surface area contributed by atoms with Crippen molar-refractivity contribution in [1.29, 1.82) is 0 Å². The van der Waals surface area contributed by atoms with Crippen molar-refractivity contribution < 1.29 is 4.74 Å². The summed E-state index contributed by atoms with van der Waals surface area (Å²) in [4.78, 5) is 0. The molecule has 3 nitrogen and oxygen atoms in total. The molecule has 0 amide bonds. The van der Waals surface area contributed by atoms with Gasteiger partial charge in [0.05, 0.1) is 6.61 Å². The van der Waals surface area contributed by atoms with E-state index in [1.165, 1.54) is 11.3 Å². The second-order valence-electron chi connectivity index (χ2n) is 2.08. The van der Waals surface area contributed by atoms with Crippen LogP contribution in [0, 0.1) is 0 Å². The standard InChI is InChI=1S/C7H9ClN2OS/c1-2-3-4-11-5-6-9-10-7(8)12-6/h2H,1,3-5H2. The van der Waals surface area contributed by atoms with Crippen LogP contribution in [0.25, 0.3) is 0 Å². The van der Waals surface area contributed by atoms with Crippen molar-refractivity contribution in [2.45, 2.75) is 13.0 Å². The molecule has 1 aromatic rings. The zero-order valence-corrected chi connectivity index (χ0v) is 8.07. The van der Waals surface area contributed by atoms with E-state index in [0.29, 0.717) is 17.7 Å². The highest BCUT2D eigenvalue weighted by Crippen LogP contribution is 2.15. The highest BCUT2D eigenvalue weighted by molar-refractivity contribution is 7.15. The average Bonchev–Trinajstić information content (AvgIpc) is 2.45. The van der Waals surface area contributed by atoms with E-state index >= 15 is 0 Å². The van der Waals surface area contributed by atoms with Gasteiger partial charge in [0.15, 0.2) is 0 Å². The lowest BCUT2D eigenvalue weighted by Crippen LogP contribution is -1.93. The number of hydrogen-bond donors (Lipinski definition) is 0. The van der Waals surface area contributed by atoms with Crippen LogP contribution in [0.1, 0.15) is 11.4 Å². The van der Waals surface area contributed by atoms with Crippen molar-refractivity contribution in [2.75, 3.05) is 6.61 Å². The number of nitrogens with zero attached hydrogens (tertiary/aromatic N) is 2. The van der Waals surface area contributed by atoms with Crippen LogP contribution in [0.15, 0.2) is 12.7 Å². The molecule has 1 heterocycles. The topological polar surface area (TPSA) is 35.0 Å². The molecule has 1 aromatic heterocycles. The Morgan fingerprint density at radius 2 is 2.42 bits per heavy atom. The fourth-order valence-corrected chi connectivity index (χ4v) is 1.42. The molecule has 0 aromatic carbocycles. The smallest absolute Gasteiger partial charge is 0.207 e. The first kappa shape index (κ1) is 9.64. The fraction of sp³-hybridized carbons (Fsp3) is 0.429. The van der Waals surface area contributed by atoms with E-state index in [9.17, 15) is 0 Å². The van der Waals surface area contributed by atoms with Crippen molar-refractivity contribution in [3.63, 3.8) is 0 Å². The number of rotatable bonds is 5. The Balaban J connectivity index is 2.19. The summed E-state index contributed by atoms with van der Waals surface area (Å²) in [5.74, 6) is 0. The maximum Gasteiger partial charge on any atom is 0.207 e. The SMILES string of the molecule is C=CCCOCc1nnc(Cl)s1. The average molecular weight is 205 g/mol. The van der Waals surface area contributed by atoms with Crippen LogP contribution in [0.5, 0.6) is 0 Å². The zero-order valence-electron chi connectivity index (χ0n) is 6.49. The number of halogens is 1. The summed E-state index contributed by atoms with van der Waals surface area (Å²) in [6.45, 7) is 4.73. The third-order valence-electron chi connectivity index (χ3n) is 1.13. The normalized spacial score (nSPS) is 10.1. The first-order valence-electron chi connectivity index (χ1n) is 3.49. The highest BCUT2D eigenvalue weighted by Gasteiger charge is 2.00. The predicted octanol–water partition coefficient (Wildman–Crippen LogP) is 2.28. The molecule has 0 aliphatic rings. The predicted molar refractivity (Wildman–Crippen MR) is 49.4 cm³/mol. The molecule has 1 rings (SSSR count). The van der Waals surface area contributed by atoms with Crippen LogP contribution in [-0.4, -0.2) is 16.8 Å². The Labute approximate surface area is 80.0 Å². The van der Waals surface area contributed by atoms with Crippen LogP contribution in [-0.2, 0) is 11.3 Å². The van der Waals surface area contributed by atoms with E-state index in [2.05, 4.69) is 16.8 Å². The van der Waals surface area contributed by atoms with Crippen LogP contribution >= 0.6 is 22.9 Å². The van der Waals surface area contributed by atoms with E-state index in [4.69, 9.17) is 16.3 Å². The molecule has 5 heteroatoms. The molecule has 0 atom stereocenters. The van der Waals surface area contributed by atoms with Gasteiger partial charge in [-0.2, -0.15) is 0 Å². The molecule has 0 radical (unpaired) electrons. The quantitative estimate of drug-likeness (QED) is 0.545. The largest absolute Gasteiger partial charge is 0.374 e. The Morgan fingerprint density at radius 3 is 3.00 bits per heavy atom. The van der Waals surface area contributed by atoms with Crippen molar-refractivity contribution in [2.24, 2.45) is 0 Å². The van der Waals surface area contributed by atoms with E-state index in [0.717, 1.165) is 11.4 Å². The summed E-state index contributed by atoms with van der Waals surface area (Å²) in [6.07, 6.45) is 2.67. The van der Waals surface area contributed by atoms with E-state index in [-0.39, 0.29) is 0 Å². The second kappa shape index (κ2) is 5.24. The lowest BCUT2D eigenvalue weighted by Gasteiger charge is -1.96. The third kappa shape index (κ3) is 3.30. The van der Waals surface area contributed by atoms with Gasteiger partial charge in [-0.3, -0.25) is 0 Å². The number of ether oxygens (including phenoxy) is 1. The van der Waals surface area contributed by atoms with Gasteiger partial charge in [-0.25, -0.2) is 0 Å². The van der Waals surface area contributed by atoms with Crippen molar-refractivity contribution in [3.8, 4) is 0 Å². The molecular formula is C7H9ClN2OS. The molecule has 0 saturated carbocycles. The minimum atomic E-state index is 0.456. The third-order valence-corrected chi connectivity index (χ3v) is 2.13. The van der Waals surface area contributed by atoms with Crippen LogP contribution in [0.2, 0.25) is 4.47 Å². The first-order chi connectivity index (χ1) is 5.83. The summed E-state index contributed by atoms with van der Waals surface area (Å²) in [5, 5.41) is 8.26. The Hall–Kier alpha value is -0.450. The Morgan fingerprint density at radius 1 is 1.58 bits per heavy atom. The molecule has 0 unspecified atom stereocenters. The monoisotopic (exact) mass is 204 g/mol. The summed E-state index contributed by atoms with van der Waals surface area (Å²) < 4.78 is 5.71. The summed E-state index contributed by atoms with van der Waals surface area (Å²) in [6, 6.07) is 0. The summed E-state index contributed by atoms with van der Waals surface area (Å²) >= 11 is 6.91. The van der Waals surface area contributed by atoms with Crippen molar-refractivity contribution in [3.05, 3.63) is 22.1 Å². The van der Waals surface area contributed by atoms with Gasteiger partial charge in [0.2, 0.25) is 4.47 Å². The second-order valence-corrected chi connectivity index (χ2v) is 3.72.